The molecule has 0 aliphatic carbocycles. The Morgan fingerprint density at radius 2 is 2.12 bits per heavy atom. The highest BCUT2D eigenvalue weighted by Gasteiger charge is 2.23. The van der Waals surface area contributed by atoms with Gasteiger partial charge in [0.1, 0.15) is 11.7 Å². The number of aromatic nitrogens is 4. The number of rotatable bonds is 6. The fraction of sp³-hybridized carbons (Fsp3) is 0.562. The van der Waals surface area contributed by atoms with Gasteiger partial charge in [-0.05, 0) is 19.8 Å². The average Bonchev–Trinajstić information content (AvgIpc) is 2.98. The van der Waals surface area contributed by atoms with Gasteiger partial charge in [0.25, 0.3) is 0 Å². The van der Waals surface area contributed by atoms with Gasteiger partial charge in [0.2, 0.25) is 11.8 Å². The molecule has 0 unspecified atom stereocenters. The predicted molar refractivity (Wildman–Crippen MR) is 94.5 cm³/mol. The molecule has 136 valence electrons. The largest absolute Gasteiger partial charge is 0.480 e. The van der Waals surface area contributed by atoms with Crippen LogP contribution in [-0.4, -0.2) is 58.1 Å². The number of piperidine rings is 1. The quantitative estimate of drug-likeness (QED) is 0.845. The summed E-state index contributed by atoms with van der Waals surface area (Å²) in [6.07, 6.45) is 5.20. The van der Waals surface area contributed by atoms with Crippen LogP contribution in [0.5, 0.6) is 5.88 Å². The van der Waals surface area contributed by atoms with E-state index in [-0.39, 0.29) is 6.67 Å². The lowest BCUT2D eigenvalue weighted by atomic mass is 10.1. The first-order chi connectivity index (χ1) is 12.1. The Morgan fingerprint density at radius 1 is 1.36 bits per heavy atom. The molecular formula is C16H22ClFN6O. The molecule has 0 bridgehead atoms. The summed E-state index contributed by atoms with van der Waals surface area (Å²) in [5, 5.41) is 8.04. The summed E-state index contributed by atoms with van der Waals surface area (Å²) >= 11 is 5.95. The van der Waals surface area contributed by atoms with E-state index in [1.807, 2.05) is 11.6 Å². The lowest BCUT2D eigenvalue weighted by molar-refractivity contribution is 0.168. The normalized spacial score (nSPS) is 16.2. The zero-order chi connectivity index (χ0) is 17.8. The van der Waals surface area contributed by atoms with Gasteiger partial charge in [0.15, 0.2) is 0 Å². The lowest BCUT2D eigenvalue weighted by Gasteiger charge is -2.31. The summed E-state index contributed by atoms with van der Waals surface area (Å²) in [5.74, 6) is 0.728. The summed E-state index contributed by atoms with van der Waals surface area (Å²) in [5.41, 5.74) is 1.86. The maximum Gasteiger partial charge on any atom is 0.237 e. The molecular weight excluding hydrogens is 347 g/mol. The molecule has 1 aliphatic rings. The van der Waals surface area contributed by atoms with Crippen molar-refractivity contribution in [2.24, 2.45) is 0 Å². The second-order valence-corrected chi connectivity index (χ2v) is 6.43. The molecule has 1 saturated heterocycles. The third-order valence-corrected chi connectivity index (χ3v) is 4.76. The minimum atomic E-state index is -0.288. The maximum absolute atomic E-state index is 12.5. The smallest absolute Gasteiger partial charge is 0.237 e. The van der Waals surface area contributed by atoms with E-state index >= 15 is 0 Å². The van der Waals surface area contributed by atoms with Gasteiger partial charge in [-0.2, -0.15) is 10.1 Å². The number of likely N-dealkylation sites (tertiary alicyclic amines) is 1. The van der Waals surface area contributed by atoms with Crippen molar-refractivity contribution in [1.29, 1.82) is 0 Å². The van der Waals surface area contributed by atoms with Crippen LogP contribution in [0.3, 0.4) is 0 Å². The Bertz CT molecular complexity index is 717. The minimum absolute atomic E-state index is 0.288. The lowest BCUT2D eigenvalue weighted by Crippen LogP contribution is -2.36. The highest BCUT2D eigenvalue weighted by Crippen LogP contribution is 2.28. The van der Waals surface area contributed by atoms with Crippen molar-refractivity contribution in [2.75, 3.05) is 38.7 Å². The van der Waals surface area contributed by atoms with Crippen molar-refractivity contribution in [1.82, 2.24) is 24.6 Å². The number of methoxy groups -OCH3 is 1. The SMILES string of the molecule is COc1nc(Nc2cnn(C3CCN(CCF)CC3)c2C)ncc1Cl. The Labute approximate surface area is 151 Å². The van der Waals surface area contributed by atoms with E-state index in [2.05, 4.69) is 25.3 Å². The van der Waals surface area contributed by atoms with E-state index in [1.54, 1.807) is 6.20 Å². The van der Waals surface area contributed by atoms with Crippen LogP contribution < -0.4 is 10.1 Å². The summed E-state index contributed by atoms with van der Waals surface area (Å²) in [6.45, 7) is 4.04. The van der Waals surface area contributed by atoms with E-state index in [1.165, 1.54) is 13.3 Å². The van der Waals surface area contributed by atoms with Crippen molar-refractivity contribution in [3.05, 3.63) is 23.1 Å². The Hall–Kier alpha value is -1.93. The standard InChI is InChI=1S/C16H22ClFN6O/c1-11-14(21-16-19-9-13(17)15(22-16)25-2)10-20-24(11)12-3-6-23(7-4-12)8-5-18/h9-10,12H,3-8H2,1-2H3,(H,19,21,22). The van der Waals surface area contributed by atoms with Crippen molar-refractivity contribution < 1.29 is 9.13 Å². The molecule has 0 atom stereocenters. The van der Waals surface area contributed by atoms with Crippen LogP contribution in [0.15, 0.2) is 12.4 Å². The highest BCUT2D eigenvalue weighted by molar-refractivity contribution is 6.31. The molecule has 1 fully saturated rings. The van der Waals surface area contributed by atoms with E-state index in [0.717, 1.165) is 37.3 Å². The first kappa shape index (κ1) is 17.9. The number of alkyl halides is 1. The van der Waals surface area contributed by atoms with Crippen molar-refractivity contribution in [3.8, 4) is 5.88 Å². The molecule has 0 amide bonds. The van der Waals surface area contributed by atoms with Gasteiger partial charge in [-0.3, -0.25) is 4.68 Å². The topological polar surface area (TPSA) is 68.1 Å². The van der Waals surface area contributed by atoms with Gasteiger partial charge in [-0.25, -0.2) is 9.37 Å². The summed E-state index contributed by atoms with van der Waals surface area (Å²) < 4.78 is 19.6. The van der Waals surface area contributed by atoms with E-state index in [0.29, 0.717) is 29.4 Å². The molecule has 0 radical (unpaired) electrons. The van der Waals surface area contributed by atoms with Gasteiger partial charge < -0.3 is 15.0 Å². The zero-order valence-corrected chi connectivity index (χ0v) is 15.1. The second-order valence-electron chi connectivity index (χ2n) is 6.03. The third kappa shape index (κ3) is 4.01. The van der Waals surface area contributed by atoms with Gasteiger partial charge in [-0.15, -0.1) is 0 Å². The van der Waals surface area contributed by atoms with Crippen LogP contribution in [-0.2, 0) is 0 Å². The van der Waals surface area contributed by atoms with Crippen LogP contribution in [0.1, 0.15) is 24.6 Å². The molecule has 0 aromatic carbocycles. The molecule has 1 N–H and O–H groups in total. The van der Waals surface area contributed by atoms with Crippen LogP contribution in [0, 0.1) is 6.92 Å². The van der Waals surface area contributed by atoms with Crippen LogP contribution in [0.25, 0.3) is 0 Å². The summed E-state index contributed by atoms with van der Waals surface area (Å²) in [6, 6.07) is 0.326. The fourth-order valence-corrected chi connectivity index (χ4v) is 3.26. The van der Waals surface area contributed by atoms with Crippen molar-refractivity contribution in [2.45, 2.75) is 25.8 Å². The summed E-state index contributed by atoms with van der Waals surface area (Å²) in [4.78, 5) is 10.5. The molecule has 0 saturated carbocycles. The monoisotopic (exact) mass is 368 g/mol. The molecule has 3 heterocycles. The molecule has 25 heavy (non-hydrogen) atoms. The van der Waals surface area contributed by atoms with Crippen molar-refractivity contribution >= 4 is 23.2 Å². The molecule has 7 nitrogen and oxygen atoms in total. The number of hydrogen-bond donors (Lipinski definition) is 1. The van der Waals surface area contributed by atoms with Gasteiger partial charge in [-0.1, -0.05) is 11.6 Å². The molecule has 2 aromatic heterocycles. The molecule has 2 aromatic rings. The van der Waals surface area contributed by atoms with Gasteiger partial charge >= 0.3 is 0 Å². The Balaban J connectivity index is 1.69. The molecule has 1 aliphatic heterocycles. The van der Waals surface area contributed by atoms with Crippen molar-refractivity contribution in [3.63, 3.8) is 0 Å². The highest BCUT2D eigenvalue weighted by atomic mass is 35.5. The van der Waals surface area contributed by atoms with E-state index in [4.69, 9.17) is 16.3 Å². The van der Waals surface area contributed by atoms with E-state index < -0.39 is 0 Å². The number of nitrogens with zero attached hydrogens (tertiary/aromatic N) is 5. The number of anilines is 2. The molecule has 3 rings (SSSR count). The van der Waals surface area contributed by atoms with Crippen LogP contribution in [0.4, 0.5) is 16.0 Å². The number of halogens is 2. The number of nitrogens with one attached hydrogen (secondary N) is 1. The molecule has 9 heteroatoms. The zero-order valence-electron chi connectivity index (χ0n) is 14.4. The first-order valence-electron chi connectivity index (χ1n) is 8.28. The Kier molecular flexibility index (Phi) is 5.70. The van der Waals surface area contributed by atoms with Gasteiger partial charge in [0.05, 0.1) is 36.9 Å². The van der Waals surface area contributed by atoms with Crippen LogP contribution >= 0.6 is 11.6 Å². The Morgan fingerprint density at radius 3 is 2.80 bits per heavy atom. The van der Waals surface area contributed by atoms with Crippen LogP contribution in [0.2, 0.25) is 5.02 Å². The second kappa shape index (κ2) is 7.97. The van der Waals surface area contributed by atoms with Gasteiger partial charge in [0, 0.05) is 19.6 Å². The third-order valence-electron chi connectivity index (χ3n) is 4.50. The number of hydrogen-bond acceptors (Lipinski definition) is 6. The minimum Gasteiger partial charge on any atom is -0.480 e. The number of ether oxygens (including phenoxy) is 1. The first-order valence-corrected chi connectivity index (χ1v) is 8.66. The fourth-order valence-electron chi connectivity index (χ4n) is 3.10. The summed E-state index contributed by atoms with van der Waals surface area (Å²) in [7, 11) is 1.51. The maximum atomic E-state index is 12.5. The van der Waals surface area contributed by atoms with E-state index in [9.17, 15) is 4.39 Å². The molecule has 0 spiro atoms. The average molecular weight is 369 g/mol. The predicted octanol–water partition coefficient (Wildman–Crippen LogP) is 2.99.